The van der Waals surface area contributed by atoms with E-state index in [1.54, 1.807) is 6.07 Å². The summed E-state index contributed by atoms with van der Waals surface area (Å²) in [5.74, 6) is -0.715. The predicted molar refractivity (Wildman–Crippen MR) is 66.5 cm³/mol. The zero-order valence-electron chi connectivity index (χ0n) is 10.2. The van der Waals surface area contributed by atoms with Crippen molar-refractivity contribution in [2.45, 2.75) is 12.2 Å². The Kier molecular flexibility index (Phi) is 5.71. The van der Waals surface area contributed by atoms with E-state index >= 15 is 0 Å². The molecule has 1 atom stereocenters. The minimum atomic E-state index is -3.46. The Hall–Kier alpha value is -0.980. The molecule has 4 nitrogen and oxygen atoms in total. The second-order valence-corrected chi connectivity index (χ2v) is 6.31. The SMILES string of the molecule is CC(c1ccccc1F)S(=O)(=O)CCOCCO. The summed E-state index contributed by atoms with van der Waals surface area (Å²) in [6.07, 6.45) is 0. The minimum Gasteiger partial charge on any atom is -0.394 e. The maximum atomic E-state index is 13.5. The molecule has 0 spiro atoms. The van der Waals surface area contributed by atoms with Crippen molar-refractivity contribution in [2.75, 3.05) is 25.6 Å². The molecule has 18 heavy (non-hydrogen) atoms. The number of ether oxygens (including phenoxy) is 1. The van der Waals surface area contributed by atoms with Crippen LogP contribution in [0.3, 0.4) is 0 Å². The zero-order valence-corrected chi connectivity index (χ0v) is 11.0. The van der Waals surface area contributed by atoms with Crippen LogP contribution >= 0.6 is 0 Å². The van der Waals surface area contributed by atoms with Crippen molar-refractivity contribution in [3.05, 3.63) is 35.6 Å². The largest absolute Gasteiger partial charge is 0.394 e. The lowest BCUT2D eigenvalue weighted by Gasteiger charge is -2.14. The zero-order chi connectivity index (χ0) is 13.6. The first kappa shape index (κ1) is 15.1. The van der Waals surface area contributed by atoms with E-state index in [0.717, 1.165) is 0 Å². The third-order valence-corrected chi connectivity index (χ3v) is 4.70. The quantitative estimate of drug-likeness (QED) is 0.763. The number of hydrogen-bond acceptors (Lipinski definition) is 4. The topological polar surface area (TPSA) is 63.6 Å². The highest BCUT2D eigenvalue weighted by Crippen LogP contribution is 2.24. The van der Waals surface area contributed by atoms with Crippen LogP contribution in [-0.4, -0.2) is 39.1 Å². The Morgan fingerprint density at radius 3 is 2.61 bits per heavy atom. The number of benzene rings is 1. The van der Waals surface area contributed by atoms with Crippen LogP contribution in [0.4, 0.5) is 4.39 Å². The van der Waals surface area contributed by atoms with E-state index in [4.69, 9.17) is 9.84 Å². The van der Waals surface area contributed by atoms with Gasteiger partial charge in [0.2, 0.25) is 0 Å². The van der Waals surface area contributed by atoms with Gasteiger partial charge in [0, 0.05) is 5.56 Å². The summed E-state index contributed by atoms with van der Waals surface area (Å²) in [5, 5.41) is 7.59. The van der Waals surface area contributed by atoms with Gasteiger partial charge in [-0.25, -0.2) is 12.8 Å². The average molecular weight is 276 g/mol. The first-order chi connectivity index (χ1) is 8.49. The van der Waals surface area contributed by atoms with Crippen molar-refractivity contribution in [1.29, 1.82) is 0 Å². The number of aliphatic hydroxyl groups excluding tert-OH is 1. The Morgan fingerprint density at radius 1 is 1.33 bits per heavy atom. The summed E-state index contributed by atoms with van der Waals surface area (Å²) in [6.45, 7) is 1.41. The first-order valence-electron chi connectivity index (χ1n) is 5.63. The van der Waals surface area contributed by atoms with Crippen LogP contribution < -0.4 is 0 Å². The van der Waals surface area contributed by atoms with Crippen LogP contribution in [0, 0.1) is 5.82 Å². The molecule has 1 rings (SSSR count). The van der Waals surface area contributed by atoms with E-state index in [0.29, 0.717) is 0 Å². The third kappa shape index (κ3) is 4.04. The minimum absolute atomic E-state index is 0.00167. The molecular weight excluding hydrogens is 259 g/mol. The molecule has 0 amide bonds. The van der Waals surface area contributed by atoms with Crippen molar-refractivity contribution in [3.63, 3.8) is 0 Å². The van der Waals surface area contributed by atoms with Crippen LogP contribution in [-0.2, 0) is 14.6 Å². The Bertz CT molecular complexity index is 473. The fourth-order valence-corrected chi connectivity index (χ4v) is 2.80. The Labute approximate surface area is 106 Å². The molecule has 0 aromatic heterocycles. The monoisotopic (exact) mass is 276 g/mol. The van der Waals surface area contributed by atoms with Crippen LogP contribution in [0.15, 0.2) is 24.3 Å². The molecule has 0 heterocycles. The van der Waals surface area contributed by atoms with Gasteiger partial charge < -0.3 is 9.84 Å². The Morgan fingerprint density at radius 2 is 2.00 bits per heavy atom. The van der Waals surface area contributed by atoms with Crippen LogP contribution in [0.5, 0.6) is 0 Å². The van der Waals surface area contributed by atoms with Crippen LogP contribution in [0.2, 0.25) is 0 Å². The molecule has 0 saturated carbocycles. The molecule has 0 radical (unpaired) electrons. The summed E-state index contributed by atoms with van der Waals surface area (Å²) in [5.41, 5.74) is 0.166. The summed E-state index contributed by atoms with van der Waals surface area (Å²) < 4.78 is 42.3. The van der Waals surface area contributed by atoms with Gasteiger partial charge in [0.15, 0.2) is 9.84 Å². The lowest BCUT2D eigenvalue weighted by Crippen LogP contribution is -2.19. The van der Waals surface area contributed by atoms with E-state index in [1.165, 1.54) is 25.1 Å². The van der Waals surface area contributed by atoms with Gasteiger partial charge >= 0.3 is 0 Å². The van der Waals surface area contributed by atoms with Gasteiger partial charge in [0.25, 0.3) is 0 Å². The normalized spacial score (nSPS) is 13.5. The molecule has 1 aromatic carbocycles. The highest BCUT2D eigenvalue weighted by Gasteiger charge is 2.24. The molecule has 0 bridgehead atoms. The molecule has 1 unspecified atom stereocenters. The third-order valence-electron chi connectivity index (χ3n) is 2.63. The molecule has 0 aliphatic carbocycles. The number of hydrogen-bond donors (Lipinski definition) is 1. The molecule has 0 aliphatic rings. The van der Waals surface area contributed by atoms with Gasteiger partial charge in [0.1, 0.15) is 5.82 Å². The van der Waals surface area contributed by atoms with E-state index in [1.807, 2.05) is 0 Å². The second-order valence-electron chi connectivity index (χ2n) is 3.87. The lowest BCUT2D eigenvalue weighted by atomic mass is 10.1. The fraction of sp³-hybridized carbons (Fsp3) is 0.500. The van der Waals surface area contributed by atoms with Gasteiger partial charge in [-0.3, -0.25) is 0 Å². The predicted octanol–water partition coefficient (Wildman–Crippen LogP) is 1.31. The van der Waals surface area contributed by atoms with Crippen molar-refractivity contribution in [1.82, 2.24) is 0 Å². The molecular formula is C12H17FO4S. The van der Waals surface area contributed by atoms with Crippen molar-refractivity contribution < 1.29 is 22.7 Å². The fourth-order valence-electron chi connectivity index (χ4n) is 1.52. The maximum absolute atomic E-state index is 13.5. The van der Waals surface area contributed by atoms with E-state index in [-0.39, 0.29) is 31.1 Å². The summed E-state index contributed by atoms with van der Waals surface area (Å²) in [7, 11) is -3.46. The highest BCUT2D eigenvalue weighted by atomic mass is 32.2. The molecule has 0 aliphatic heterocycles. The van der Waals surface area contributed by atoms with E-state index in [2.05, 4.69) is 0 Å². The van der Waals surface area contributed by atoms with Crippen molar-refractivity contribution >= 4 is 9.84 Å². The van der Waals surface area contributed by atoms with Crippen LogP contribution in [0.25, 0.3) is 0 Å². The Balaban J connectivity index is 2.70. The van der Waals surface area contributed by atoms with Crippen LogP contribution in [0.1, 0.15) is 17.7 Å². The smallest absolute Gasteiger partial charge is 0.159 e. The summed E-state index contributed by atoms with van der Waals surface area (Å²) in [4.78, 5) is 0. The number of rotatable bonds is 7. The number of aliphatic hydroxyl groups is 1. The molecule has 6 heteroatoms. The number of halogens is 1. The number of sulfone groups is 1. The highest BCUT2D eigenvalue weighted by molar-refractivity contribution is 7.91. The maximum Gasteiger partial charge on any atom is 0.159 e. The standard InChI is InChI=1S/C12H17FO4S/c1-10(11-4-2-3-5-12(11)13)18(15,16)9-8-17-7-6-14/h2-5,10,14H,6-9H2,1H3. The van der Waals surface area contributed by atoms with E-state index < -0.39 is 20.9 Å². The van der Waals surface area contributed by atoms with Crippen molar-refractivity contribution in [2.24, 2.45) is 0 Å². The average Bonchev–Trinajstić information content (AvgIpc) is 2.34. The van der Waals surface area contributed by atoms with Gasteiger partial charge in [-0.2, -0.15) is 0 Å². The van der Waals surface area contributed by atoms with Crippen molar-refractivity contribution in [3.8, 4) is 0 Å². The summed E-state index contributed by atoms with van der Waals surface area (Å²) in [6, 6.07) is 5.82. The van der Waals surface area contributed by atoms with E-state index in [9.17, 15) is 12.8 Å². The molecule has 1 N–H and O–H groups in total. The van der Waals surface area contributed by atoms with Gasteiger partial charge in [-0.1, -0.05) is 18.2 Å². The first-order valence-corrected chi connectivity index (χ1v) is 7.35. The molecule has 0 fully saturated rings. The summed E-state index contributed by atoms with van der Waals surface area (Å²) >= 11 is 0. The van der Waals surface area contributed by atoms with Gasteiger partial charge in [-0.15, -0.1) is 0 Å². The molecule has 0 saturated heterocycles. The second kappa shape index (κ2) is 6.82. The molecule has 1 aromatic rings. The van der Waals surface area contributed by atoms with Gasteiger partial charge in [-0.05, 0) is 13.0 Å². The van der Waals surface area contributed by atoms with Gasteiger partial charge in [0.05, 0.1) is 30.8 Å². The molecule has 102 valence electrons. The lowest BCUT2D eigenvalue weighted by molar-refractivity contribution is 0.103.